The van der Waals surface area contributed by atoms with Gasteiger partial charge in [0.25, 0.3) is 5.91 Å². The van der Waals surface area contributed by atoms with Crippen LogP contribution in [0.1, 0.15) is 35.2 Å². The average Bonchev–Trinajstić information content (AvgIpc) is 3.08. The van der Waals surface area contributed by atoms with Gasteiger partial charge in [0.05, 0.1) is 0 Å². The third kappa shape index (κ3) is 4.15. The van der Waals surface area contributed by atoms with Crippen molar-refractivity contribution in [1.29, 1.82) is 0 Å². The second-order valence-electron chi connectivity index (χ2n) is 6.25. The van der Waals surface area contributed by atoms with Crippen molar-refractivity contribution in [3.63, 3.8) is 0 Å². The van der Waals surface area contributed by atoms with Gasteiger partial charge in [-0.05, 0) is 42.7 Å². The Morgan fingerprint density at radius 1 is 1.08 bits per heavy atom. The number of carbonyl (C=O) groups is 1. The van der Waals surface area contributed by atoms with Crippen molar-refractivity contribution in [2.75, 3.05) is 6.61 Å². The Balaban J connectivity index is 1.54. The van der Waals surface area contributed by atoms with Crippen LogP contribution in [0.5, 0.6) is 5.75 Å². The summed E-state index contributed by atoms with van der Waals surface area (Å²) >= 11 is 0. The number of benzene rings is 2. The summed E-state index contributed by atoms with van der Waals surface area (Å²) in [4.78, 5) is 12.3. The van der Waals surface area contributed by atoms with Gasteiger partial charge in [0.2, 0.25) is 0 Å². The standard InChI is InChI=1S/C20H23NO3/c22-13-17-7-4-8-19(17)21-20(23)16-9-11-18(12-10-16)24-14-15-5-2-1-3-6-15/h1-3,5-6,9-12,17,19,22H,4,7-8,13-14H2,(H,21,23). The van der Waals surface area contributed by atoms with Gasteiger partial charge in [-0.25, -0.2) is 0 Å². The van der Waals surface area contributed by atoms with Gasteiger partial charge in [0.15, 0.2) is 0 Å². The van der Waals surface area contributed by atoms with Gasteiger partial charge in [-0.15, -0.1) is 0 Å². The molecule has 126 valence electrons. The lowest BCUT2D eigenvalue weighted by Gasteiger charge is -2.19. The molecule has 2 atom stereocenters. The summed E-state index contributed by atoms with van der Waals surface area (Å²) in [5, 5.41) is 12.4. The van der Waals surface area contributed by atoms with Crippen LogP contribution in [0.2, 0.25) is 0 Å². The predicted octanol–water partition coefficient (Wildman–Crippen LogP) is 3.16. The number of amides is 1. The van der Waals surface area contributed by atoms with E-state index in [1.165, 1.54) is 0 Å². The second kappa shape index (κ2) is 7.97. The number of aliphatic hydroxyl groups is 1. The third-order valence-electron chi connectivity index (χ3n) is 4.57. The molecule has 1 fully saturated rings. The maximum Gasteiger partial charge on any atom is 0.251 e. The summed E-state index contributed by atoms with van der Waals surface area (Å²) in [6.07, 6.45) is 2.98. The maximum atomic E-state index is 12.3. The van der Waals surface area contributed by atoms with E-state index in [-0.39, 0.29) is 24.5 Å². The van der Waals surface area contributed by atoms with Crippen LogP contribution in [-0.2, 0) is 6.61 Å². The van der Waals surface area contributed by atoms with Crippen molar-refractivity contribution < 1.29 is 14.6 Å². The topological polar surface area (TPSA) is 58.6 Å². The highest BCUT2D eigenvalue weighted by Crippen LogP contribution is 2.25. The van der Waals surface area contributed by atoms with Gasteiger partial charge in [0.1, 0.15) is 12.4 Å². The fourth-order valence-corrected chi connectivity index (χ4v) is 3.14. The molecule has 4 heteroatoms. The molecule has 1 saturated carbocycles. The quantitative estimate of drug-likeness (QED) is 0.858. The largest absolute Gasteiger partial charge is 0.489 e. The molecular formula is C20H23NO3. The molecule has 1 amide bonds. The Bertz CT molecular complexity index is 654. The zero-order chi connectivity index (χ0) is 16.8. The lowest BCUT2D eigenvalue weighted by atomic mass is 10.0. The molecule has 0 bridgehead atoms. The molecule has 2 N–H and O–H groups in total. The number of nitrogens with one attached hydrogen (secondary N) is 1. The van der Waals surface area contributed by atoms with Gasteiger partial charge in [-0.1, -0.05) is 36.8 Å². The van der Waals surface area contributed by atoms with Crippen LogP contribution in [0.25, 0.3) is 0 Å². The maximum absolute atomic E-state index is 12.3. The van der Waals surface area contributed by atoms with Crippen molar-refractivity contribution in [2.24, 2.45) is 5.92 Å². The molecular weight excluding hydrogens is 302 g/mol. The Hall–Kier alpha value is -2.33. The molecule has 3 rings (SSSR count). The minimum atomic E-state index is -0.0880. The summed E-state index contributed by atoms with van der Waals surface area (Å²) in [7, 11) is 0. The molecule has 0 spiro atoms. The van der Waals surface area contributed by atoms with E-state index in [2.05, 4.69) is 5.32 Å². The smallest absolute Gasteiger partial charge is 0.251 e. The minimum absolute atomic E-state index is 0.0801. The summed E-state index contributed by atoms with van der Waals surface area (Å²) in [5.74, 6) is 0.835. The van der Waals surface area contributed by atoms with Gasteiger partial charge >= 0.3 is 0 Å². The highest BCUT2D eigenvalue weighted by Gasteiger charge is 2.28. The van der Waals surface area contributed by atoms with E-state index in [1.54, 1.807) is 12.1 Å². The zero-order valence-electron chi connectivity index (χ0n) is 13.7. The second-order valence-corrected chi connectivity index (χ2v) is 6.25. The highest BCUT2D eigenvalue weighted by molar-refractivity contribution is 5.94. The SMILES string of the molecule is O=C(NC1CCCC1CO)c1ccc(OCc2ccccc2)cc1. The lowest BCUT2D eigenvalue weighted by Crippen LogP contribution is -2.38. The summed E-state index contributed by atoms with van der Waals surface area (Å²) < 4.78 is 5.73. The van der Waals surface area contributed by atoms with E-state index >= 15 is 0 Å². The van der Waals surface area contributed by atoms with Crippen LogP contribution in [0, 0.1) is 5.92 Å². The van der Waals surface area contributed by atoms with E-state index in [0.717, 1.165) is 30.6 Å². The first kappa shape index (κ1) is 16.5. The normalized spacial score (nSPS) is 19.9. The summed E-state index contributed by atoms with van der Waals surface area (Å²) in [6, 6.07) is 17.2. The fourth-order valence-electron chi connectivity index (χ4n) is 3.14. The van der Waals surface area contributed by atoms with Crippen molar-refractivity contribution in [1.82, 2.24) is 5.32 Å². The zero-order valence-corrected chi connectivity index (χ0v) is 13.7. The van der Waals surface area contributed by atoms with Crippen LogP contribution in [0.4, 0.5) is 0 Å². The molecule has 4 nitrogen and oxygen atoms in total. The fraction of sp³-hybridized carbons (Fsp3) is 0.350. The van der Waals surface area contributed by atoms with Crippen molar-refractivity contribution in [3.05, 3.63) is 65.7 Å². The first-order valence-electron chi connectivity index (χ1n) is 8.45. The van der Waals surface area contributed by atoms with Crippen molar-refractivity contribution in [2.45, 2.75) is 31.9 Å². The lowest BCUT2D eigenvalue weighted by molar-refractivity contribution is 0.0916. The molecule has 0 aliphatic heterocycles. The van der Waals surface area contributed by atoms with Crippen LogP contribution < -0.4 is 10.1 Å². The molecule has 2 aromatic carbocycles. The van der Waals surface area contributed by atoms with Crippen LogP contribution >= 0.6 is 0 Å². The van der Waals surface area contributed by atoms with Gasteiger partial charge < -0.3 is 15.2 Å². The van der Waals surface area contributed by atoms with Gasteiger partial charge in [0, 0.05) is 24.1 Å². The first-order valence-corrected chi connectivity index (χ1v) is 8.45. The summed E-state index contributed by atoms with van der Waals surface area (Å²) in [5.41, 5.74) is 1.72. The number of hydrogen-bond donors (Lipinski definition) is 2. The van der Waals surface area contributed by atoms with E-state index in [1.807, 2.05) is 42.5 Å². The Kier molecular flexibility index (Phi) is 5.49. The van der Waals surface area contributed by atoms with Crippen molar-refractivity contribution >= 4 is 5.91 Å². The van der Waals surface area contributed by atoms with Crippen molar-refractivity contribution in [3.8, 4) is 5.75 Å². The van der Waals surface area contributed by atoms with E-state index in [9.17, 15) is 9.90 Å². The van der Waals surface area contributed by atoms with Crippen LogP contribution in [-0.4, -0.2) is 23.7 Å². The predicted molar refractivity (Wildman–Crippen MR) is 92.9 cm³/mol. The highest BCUT2D eigenvalue weighted by atomic mass is 16.5. The van der Waals surface area contributed by atoms with Gasteiger partial charge in [-0.2, -0.15) is 0 Å². The molecule has 1 aliphatic carbocycles. The first-order chi connectivity index (χ1) is 11.8. The number of rotatable bonds is 6. The van der Waals surface area contributed by atoms with E-state index in [4.69, 9.17) is 4.74 Å². The Morgan fingerprint density at radius 3 is 2.54 bits per heavy atom. The molecule has 1 aliphatic rings. The molecule has 24 heavy (non-hydrogen) atoms. The van der Waals surface area contributed by atoms with Crippen LogP contribution in [0.15, 0.2) is 54.6 Å². The molecule has 0 aromatic heterocycles. The molecule has 0 saturated heterocycles. The Morgan fingerprint density at radius 2 is 1.83 bits per heavy atom. The summed E-state index contributed by atoms with van der Waals surface area (Å²) in [6.45, 7) is 0.643. The molecule has 2 unspecified atom stereocenters. The van der Waals surface area contributed by atoms with Gasteiger partial charge in [-0.3, -0.25) is 4.79 Å². The minimum Gasteiger partial charge on any atom is -0.489 e. The number of aliphatic hydroxyl groups excluding tert-OH is 1. The van der Waals surface area contributed by atoms with Crippen LogP contribution in [0.3, 0.4) is 0 Å². The monoisotopic (exact) mass is 325 g/mol. The number of hydrogen-bond acceptors (Lipinski definition) is 3. The molecule has 0 radical (unpaired) electrons. The van der Waals surface area contributed by atoms with E-state index < -0.39 is 0 Å². The average molecular weight is 325 g/mol. The number of ether oxygens (including phenoxy) is 1. The third-order valence-corrected chi connectivity index (χ3v) is 4.57. The van der Waals surface area contributed by atoms with E-state index in [0.29, 0.717) is 12.2 Å². The molecule has 0 heterocycles. The molecule has 2 aromatic rings. The Labute approximate surface area is 142 Å². The number of carbonyl (C=O) groups excluding carboxylic acids is 1.